The van der Waals surface area contributed by atoms with Gasteiger partial charge in [0, 0.05) is 38.0 Å². The van der Waals surface area contributed by atoms with Crippen LogP contribution in [-0.2, 0) is 11.2 Å². The third kappa shape index (κ3) is 4.43. The second-order valence-corrected chi connectivity index (χ2v) is 8.19. The molecular weight excluding hydrogens is 350 g/mol. The van der Waals surface area contributed by atoms with Crippen molar-refractivity contribution in [3.8, 4) is 0 Å². The molecule has 1 aliphatic heterocycles. The van der Waals surface area contributed by atoms with E-state index in [1.165, 1.54) is 30.4 Å². The van der Waals surface area contributed by atoms with Gasteiger partial charge in [0.2, 0.25) is 11.9 Å². The van der Waals surface area contributed by atoms with Crippen molar-refractivity contribution in [2.75, 3.05) is 23.3 Å². The molecule has 2 heterocycles. The molecule has 0 radical (unpaired) electrons. The predicted octanol–water partition coefficient (Wildman–Crippen LogP) is 3.11. The molecule has 1 aliphatic carbocycles. The molecule has 4 rings (SSSR count). The Labute approximate surface area is 166 Å². The number of amides is 1. The largest absolute Gasteiger partial charge is 0.368 e. The number of benzene rings is 1. The molecular formula is C22H29N5O. The van der Waals surface area contributed by atoms with Crippen LogP contribution in [0.2, 0.25) is 0 Å². The lowest BCUT2D eigenvalue weighted by Crippen LogP contribution is -2.45. The lowest BCUT2D eigenvalue weighted by molar-refractivity contribution is -0.119. The Morgan fingerprint density at radius 2 is 1.86 bits per heavy atom. The van der Waals surface area contributed by atoms with E-state index in [2.05, 4.69) is 49.8 Å². The second kappa shape index (κ2) is 8.17. The molecule has 1 atom stereocenters. The molecule has 2 fully saturated rings. The molecule has 0 bridgehead atoms. The molecule has 0 spiro atoms. The van der Waals surface area contributed by atoms with Crippen molar-refractivity contribution >= 4 is 17.5 Å². The summed E-state index contributed by atoms with van der Waals surface area (Å²) in [5.41, 5.74) is 3.72. The standard InChI is InChI=1S/C22H29N5O/c1-15(25-16(2)28)10-17-6-8-18(9-7-17)19-13-27(14-19)21-11-23-22(24-12-21)26-20-4-3-5-20/h6-9,11-12,15,19-20H,3-5,10,13-14H2,1-2H3,(H,25,28)(H,23,24,26). The van der Waals surface area contributed by atoms with Gasteiger partial charge in [-0.2, -0.15) is 0 Å². The highest BCUT2D eigenvalue weighted by Crippen LogP contribution is 2.31. The van der Waals surface area contributed by atoms with Gasteiger partial charge in [0.15, 0.2) is 0 Å². The third-order valence-electron chi connectivity index (χ3n) is 5.77. The molecule has 2 aliphatic rings. The average molecular weight is 380 g/mol. The number of carbonyl (C=O) groups is 1. The number of carbonyl (C=O) groups excluding carboxylic acids is 1. The summed E-state index contributed by atoms with van der Waals surface area (Å²) >= 11 is 0. The van der Waals surface area contributed by atoms with Gasteiger partial charge in [-0.1, -0.05) is 24.3 Å². The van der Waals surface area contributed by atoms with Gasteiger partial charge in [-0.15, -0.1) is 0 Å². The molecule has 2 aromatic rings. The fourth-order valence-electron chi connectivity index (χ4n) is 3.87. The van der Waals surface area contributed by atoms with E-state index in [-0.39, 0.29) is 11.9 Å². The molecule has 1 aromatic carbocycles. The van der Waals surface area contributed by atoms with Crippen LogP contribution >= 0.6 is 0 Å². The molecule has 6 nitrogen and oxygen atoms in total. The van der Waals surface area contributed by atoms with Crippen LogP contribution in [0.4, 0.5) is 11.6 Å². The van der Waals surface area contributed by atoms with Crippen LogP contribution in [0, 0.1) is 0 Å². The number of hydrogen-bond donors (Lipinski definition) is 2. The van der Waals surface area contributed by atoms with Gasteiger partial charge < -0.3 is 15.5 Å². The number of rotatable bonds is 7. The van der Waals surface area contributed by atoms with Crippen molar-refractivity contribution in [1.82, 2.24) is 15.3 Å². The second-order valence-electron chi connectivity index (χ2n) is 8.19. The van der Waals surface area contributed by atoms with Crippen molar-refractivity contribution in [2.45, 2.75) is 57.5 Å². The monoisotopic (exact) mass is 379 g/mol. The van der Waals surface area contributed by atoms with Crippen molar-refractivity contribution in [2.24, 2.45) is 0 Å². The molecule has 2 N–H and O–H groups in total. The Kier molecular flexibility index (Phi) is 5.46. The molecule has 1 aromatic heterocycles. The van der Waals surface area contributed by atoms with Gasteiger partial charge in [-0.05, 0) is 43.7 Å². The van der Waals surface area contributed by atoms with Crippen LogP contribution in [-0.4, -0.2) is 41.0 Å². The minimum absolute atomic E-state index is 0.0227. The van der Waals surface area contributed by atoms with Gasteiger partial charge in [0.05, 0.1) is 18.1 Å². The maximum Gasteiger partial charge on any atom is 0.222 e. The van der Waals surface area contributed by atoms with Crippen molar-refractivity contribution < 1.29 is 4.79 Å². The number of nitrogens with one attached hydrogen (secondary N) is 2. The summed E-state index contributed by atoms with van der Waals surface area (Å²) in [6.07, 6.45) is 8.47. The first kappa shape index (κ1) is 18.7. The van der Waals surface area contributed by atoms with E-state index in [4.69, 9.17) is 0 Å². The highest BCUT2D eigenvalue weighted by Gasteiger charge is 2.28. The van der Waals surface area contributed by atoms with Crippen LogP contribution in [0.15, 0.2) is 36.7 Å². The summed E-state index contributed by atoms with van der Waals surface area (Å²) in [7, 11) is 0. The van der Waals surface area contributed by atoms with Gasteiger partial charge in [0.1, 0.15) is 0 Å². The van der Waals surface area contributed by atoms with Crippen molar-refractivity contribution in [3.63, 3.8) is 0 Å². The minimum atomic E-state index is 0.0227. The molecule has 28 heavy (non-hydrogen) atoms. The van der Waals surface area contributed by atoms with Gasteiger partial charge in [0.25, 0.3) is 0 Å². The fraction of sp³-hybridized carbons (Fsp3) is 0.500. The molecule has 1 saturated carbocycles. The van der Waals surface area contributed by atoms with Gasteiger partial charge >= 0.3 is 0 Å². The van der Waals surface area contributed by atoms with Crippen LogP contribution in [0.3, 0.4) is 0 Å². The van der Waals surface area contributed by atoms with E-state index < -0.39 is 0 Å². The lowest BCUT2D eigenvalue weighted by atomic mass is 9.90. The SMILES string of the molecule is CC(=O)NC(C)Cc1ccc(C2CN(c3cnc(NC4CCC4)nc3)C2)cc1. The summed E-state index contributed by atoms with van der Waals surface area (Å²) in [4.78, 5) is 22.4. The summed E-state index contributed by atoms with van der Waals surface area (Å²) in [5, 5.41) is 6.31. The summed E-state index contributed by atoms with van der Waals surface area (Å²) in [6, 6.07) is 9.52. The zero-order valence-corrected chi connectivity index (χ0v) is 16.7. The van der Waals surface area contributed by atoms with Crippen molar-refractivity contribution in [3.05, 3.63) is 47.8 Å². The third-order valence-corrected chi connectivity index (χ3v) is 5.77. The van der Waals surface area contributed by atoms with E-state index in [0.29, 0.717) is 12.0 Å². The Morgan fingerprint density at radius 3 is 2.43 bits per heavy atom. The van der Waals surface area contributed by atoms with Crippen LogP contribution in [0.25, 0.3) is 0 Å². The molecule has 148 valence electrons. The van der Waals surface area contributed by atoms with E-state index in [0.717, 1.165) is 31.1 Å². The first-order chi connectivity index (χ1) is 13.6. The topological polar surface area (TPSA) is 70.2 Å². The first-order valence-corrected chi connectivity index (χ1v) is 10.3. The maximum atomic E-state index is 11.1. The Morgan fingerprint density at radius 1 is 1.18 bits per heavy atom. The first-order valence-electron chi connectivity index (χ1n) is 10.3. The van der Waals surface area contributed by atoms with E-state index in [1.54, 1.807) is 6.92 Å². The van der Waals surface area contributed by atoms with Gasteiger partial charge in [-0.25, -0.2) is 9.97 Å². The molecule has 1 saturated heterocycles. The predicted molar refractivity (Wildman–Crippen MR) is 112 cm³/mol. The number of nitrogens with zero attached hydrogens (tertiary/aromatic N) is 3. The molecule has 6 heteroatoms. The smallest absolute Gasteiger partial charge is 0.222 e. The zero-order valence-electron chi connectivity index (χ0n) is 16.7. The number of hydrogen-bond acceptors (Lipinski definition) is 5. The van der Waals surface area contributed by atoms with E-state index in [1.807, 2.05) is 19.3 Å². The Balaban J connectivity index is 1.27. The highest BCUT2D eigenvalue weighted by molar-refractivity contribution is 5.73. The van der Waals surface area contributed by atoms with Crippen LogP contribution < -0.4 is 15.5 Å². The molecule has 1 amide bonds. The van der Waals surface area contributed by atoms with Crippen LogP contribution in [0.5, 0.6) is 0 Å². The van der Waals surface area contributed by atoms with E-state index >= 15 is 0 Å². The summed E-state index contributed by atoms with van der Waals surface area (Å²) < 4.78 is 0. The fourth-order valence-corrected chi connectivity index (χ4v) is 3.87. The normalized spacial score (nSPS) is 18.1. The number of aromatic nitrogens is 2. The Bertz CT molecular complexity index is 795. The average Bonchev–Trinajstić information content (AvgIpc) is 2.59. The molecule has 1 unspecified atom stereocenters. The van der Waals surface area contributed by atoms with Crippen molar-refractivity contribution in [1.29, 1.82) is 0 Å². The zero-order chi connectivity index (χ0) is 19.5. The summed E-state index contributed by atoms with van der Waals surface area (Å²) in [5.74, 6) is 1.32. The lowest BCUT2D eigenvalue weighted by Gasteiger charge is -2.41. The van der Waals surface area contributed by atoms with Crippen LogP contribution in [0.1, 0.15) is 50.2 Å². The summed E-state index contributed by atoms with van der Waals surface area (Å²) in [6.45, 7) is 5.60. The maximum absolute atomic E-state index is 11.1. The van der Waals surface area contributed by atoms with Gasteiger partial charge in [-0.3, -0.25) is 4.79 Å². The Hall–Kier alpha value is -2.63. The quantitative estimate of drug-likeness (QED) is 0.774. The highest BCUT2D eigenvalue weighted by atomic mass is 16.1. The van der Waals surface area contributed by atoms with E-state index in [9.17, 15) is 4.79 Å². The number of anilines is 2. The minimum Gasteiger partial charge on any atom is -0.368 e.